The summed E-state index contributed by atoms with van der Waals surface area (Å²) in [7, 11) is -3.61. The van der Waals surface area contributed by atoms with Crippen molar-refractivity contribution in [3.8, 4) is 0 Å². The minimum atomic E-state index is -3.61. The van der Waals surface area contributed by atoms with Gasteiger partial charge in [-0.15, -0.1) is 0 Å². The highest BCUT2D eigenvalue weighted by molar-refractivity contribution is 7.86. The van der Waals surface area contributed by atoms with Crippen LogP contribution in [0.15, 0.2) is 0 Å². The van der Waals surface area contributed by atoms with Gasteiger partial charge in [0.05, 0.1) is 0 Å². The highest BCUT2D eigenvalue weighted by Gasteiger charge is 2.28. The van der Waals surface area contributed by atoms with Gasteiger partial charge in [0, 0.05) is 32.6 Å². The number of piperazine rings is 1. The van der Waals surface area contributed by atoms with Crippen molar-refractivity contribution in [2.24, 2.45) is 11.1 Å². The van der Waals surface area contributed by atoms with E-state index in [1.54, 1.807) is 4.90 Å². The number of nitrogens with two attached hydrogens (primary N) is 1. The normalized spacial score (nSPS) is 26.5. The minimum Gasteiger partial charge on any atom is -0.340 e. The first kappa shape index (κ1) is 13.7. The van der Waals surface area contributed by atoms with E-state index in [-0.39, 0.29) is 5.91 Å². The molecule has 2 heterocycles. The lowest BCUT2D eigenvalue weighted by molar-refractivity contribution is -0.133. The van der Waals surface area contributed by atoms with Crippen molar-refractivity contribution >= 4 is 16.1 Å². The Bertz CT molecular complexity index is 397. The predicted molar refractivity (Wildman–Crippen MR) is 66.9 cm³/mol. The smallest absolute Gasteiger partial charge is 0.277 e. The van der Waals surface area contributed by atoms with E-state index in [0.29, 0.717) is 38.5 Å². The largest absolute Gasteiger partial charge is 0.340 e. The van der Waals surface area contributed by atoms with Crippen LogP contribution in [0.4, 0.5) is 0 Å². The molecule has 3 N–H and O–H groups in total. The summed E-state index contributed by atoms with van der Waals surface area (Å²) >= 11 is 0. The van der Waals surface area contributed by atoms with Crippen molar-refractivity contribution in [3.63, 3.8) is 0 Å². The second kappa shape index (κ2) is 5.52. The van der Waals surface area contributed by atoms with Gasteiger partial charge in [0.2, 0.25) is 5.91 Å². The molecule has 0 aromatic heterocycles. The van der Waals surface area contributed by atoms with Crippen molar-refractivity contribution in [2.75, 3.05) is 39.3 Å². The van der Waals surface area contributed by atoms with Crippen LogP contribution in [0.25, 0.3) is 0 Å². The molecule has 0 aromatic rings. The molecule has 2 saturated heterocycles. The first-order chi connectivity index (χ1) is 8.47. The molecule has 2 aliphatic heterocycles. The van der Waals surface area contributed by atoms with Gasteiger partial charge in [-0.1, -0.05) is 0 Å². The molecule has 0 bridgehead atoms. The van der Waals surface area contributed by atoms with E-state index in [0.717, 1.165) is 19.5 Å². The van der Waals surface area contributed by atoms with E-state index in [1.165, 1.54) is 4.31 Å². The Morgan fingerprint density at radius 3 is 2.44 bits per heavy atom. The number of carbonyl (C=O) groups is 1. The quantitative estimate of drug-likeness (QED) is 0.644. The summed E-state index contributed by atoms with van der Waals surface area (Å²) in [6.45, 7) is 3.37. The molecule has 0 radical (unpaired) electrons. The fraction of sp³-hybridized carbons (Fsp3) is 0.900. The van der Waals surface area contributed by atoms with Crippen molar-refractivity contribution in [2.45, 2.75) is 12.8 Å². The molecule has 1 atom stereocenters. The van der Waals surface area contributed by atoms with Gasteiger partial charge in [0.25, 0.3) is 10.2 Å². The number of hydrogen-bond donors (Lipinski definition) is 2. The third-order valence-corrected chi connectivity index (χ3v) is 4.66. The van der Waals surface area contributed by atoms with Crippen LogP contribution in [0.3, 0.4) is 0 Å². The molecule has 0 aliphatic carbocycles. The molecule has 0 spiro atoms. The fourth-order valence-corrected chi connectivity index (χ4v) is 3.13. The summed E-state index contributed by atoms with van der Waals surface area (Å²) in [5.74, 6) is 0.548. The van der Waals surface area contributed by atoms with Crippen molar-refractivity contribution in [1.29, 1.82) is 0 Å². The molecule has 2 aliphatic rings. The summed E-state index contributed by atoms with van der Waals surface area (Å²) in [5, 5.41) is 8.28. The molecular formula is C10H20N4O3S. The Labute approximate surface area is 107 Å². The van der Waals surface area contributed by atoms with Crippen LogP contribution < -0.4 is 10.5 Å². The predicted octanol–water partition coefficient (Wildman–Crippen LogP) is -1.67. The molecular weight excluding hydrogens is 256 g/mol. The van der Waals surface area contributed by atoms with Crippen molar-refractivity contribution in [3.05, 3.63) is 0 Å². The Morgan fingerprint density at radius 2 is 1.94 bits per heavy atom. The molecule has 18 heavy (non-hydrogen) atoms. The van der Waals surface area contributed by atoms with E-state index < -0.39 is 10.2 Å². The number of nitrogens with zero attached hydrogens (tertiary/aromatic N) is 2. The maximum absolute atomic E-state index is 12.0. The van der Waals surface area contributed by atoms with Gasteiger partial charge in [-0.05, 0) is 25.4 Å². The molecule has 0 aromatic carbocycles. The van der Waals surface area contributed by atoms with Gasteiger partial charge in [-0.2, -0.15) is 12.7 Å². The minimum absolute atomic E-state index is 0.123. The van der Waals surface area contributed by atoms with Crippen molar-refractivity contribution < 1.29 is 13.2 Å². The Balaban J connectivity index is 1.80. The average molecular weight is 276 g/mol. The van der Waals surface area contributed by atoms with Gasteiger partial charge in [0.15, 0.2) is 0 Å². The molecule has 8 heteroatoms. The van der Waals surface area contributed by atoms with Crippen LogP contribution in [-0.4, -0.2) is 62.8 Å². The maximum Gasteiger partial charge on any atom is 0.277 e. The molecule has 104 valence electrons. The third-order valence-electron chi connectivity index (χ3n) is 3.58. The fourth-order valence-electron chi connectivity index (χ4n) is 2.46. The maximum atomic E-state index is 12.0. The highest BCUT2D eigenvalue weighted by Crippen LogP contribution is 2.15. The molecule has 1 unspecified atom stereocenters. The molecule has 1 amide bonds. The van der Waals surface area contributed by atoms with E-state index >= 15 is 0 Å². The number of carbonyl (C=O) groups excluding carboxylic acids is 1. The lowest BCUT2D eigenvalue weighted by Crippen LogP contribution is -2.52. The van der Waals surface area contributed by atoms with Crippen LogP contribution in [-0.2, 0) is 15.0 Å². The zero-order valence-electron chi connectivity index (χ0n) is 10.3. The molecule has 0 saturated carbocycles. The average Bonchev–Trinajstić information content (AvgIpc) is 2.81. The topological polar surface area (TPSA) is 95.7 Å². The lowest BCUT2D eigenvalue weighted by Gasteiger charge is -2.33. The zero-order valence-corrected chi connectivity index (χ0v) is 11.2. The number of rotatable bonds is 3. The van der Waals surface area contributed by atoms with E-state index in [4.69, 9.17) is 5.14 Å². The van der Waals surface area contributed by atoms with Gasteiger partial charge >= 0.3 is 0 Å². The van der Waals surface area contributed by atoms with Crippen LogP contribution in [0, 0.1) is 5.92 Å². The number of amides is 1. The van der Waals surface area contributed by atoms with Crippen LogP contribution in [0.2, 0.25) is 0 Å². The molecule has 2 rings (SSSR count). The van der Waals surface area contributed by atoms with Gasteiger partial charge < -0.3 is 10.2 Å². The van der Waals surface area contributed by atoms with Gasteiger partial charge in [-0.25, -0.2) is 5.14 Å². The van der Waals surface area contributed by atoms with Crippen molar-refractivity contribution in [1.82, 2.24) is 14.5 Å². The first-order valence-corrected chi connectivity index (χ1v) is 7.73. The number of nitrogens with one attached hydrogen (secondary N) is 1. The third kappa shape index (κ3) is 3.41. The first-order valence-electron chi connectivity index (χ1n) is 6.23. The highest BCUT2D eigenvalue weighted by atomic mass is 32.2. The van der Waals surface area contributed by atoms with Crippen LogP contribution >= 0.6 is 0 Å². The lowest BCUT2D eigenvalue weighted by atomic mass is 10.0. The van der Waals surface area contributed by atoms with E-state index in [9.17, 15) is 13.2 Å². The van der Waals surface area contributed by atoms with E-state index in [1.807, 2.05) is 0 Å². The Morgan fingerprint density at radius 1 is 1.28 bits per heavy atom. The monoisotopic (exact) mass is 276 g/mol. The summed E-state index contributed by atoms with van der Waals surface area (Å²) in [5.41, 5.74) is 0. The summed E-state index contributed by atoms with van der Waals surface area (Å²) in [6, 6.07) is 0. The zero-order chi connectivity index (χ0) is 13.2. The van der Waals surface area contributed by atoms with Crippen LogP contribution in [0.1, 0.15) is 12.8 Å². The second-order valence-electron chi connectivity index (χ2n) is 4.89. The summed E-state index contributed by atoms with van der Waals surface area (Å²) in [4.78, 5) is 13.7. The SMILES string of the molecule is NS(=O)(=O)N1CCN(C(=O)CC2CCNC2)CC1. The Hall–Kier alpha value is -0.700. The summed E-state index contributed by atoms with van der Waals surface area (Å²) < 4.78 is 23.5. The van der Waals surface area contributed by atoms with Gasteiger partial charge in [0.1, 0.15) is 0 Å². The second-order valence-corrected chi connectivity index (χ2v) is 6.43. The summed E-state index contributed by atoms with van der Waals surface area (Å²) in [6.07, 6.45) is 1.60. The van der Waals surface area contributed by atoms with Gasteiger partial charge in [-0.3, -0.25) is 4.79 Å². The van der Waals surface area contributed by atoms with E-state index in [2.05, 4.69) is 5.32 Å². The van der Waals surface area contributed by atoms with Crippen LogP contribution in [0.5, 0.6) is 0 Å². The standard InChI is InChI=1S/C10H20N4O3S/c11-18(16,17)14-5-3-13(4-6-14)10(15)7-9-1-2-12-8-9/h9,12H,1-8H2,(H2,11,16,17). The Kier molecular flexibility index (Phi) is 4.21. The number of hydrogen-bond acceptors (Lipinski definition) is 4. The molecule has 2 fully saturated rings. The molecule has 7 nitrogen and oxygen atoms in total.